The number of ether oxygens (including phenoxy) is 1. The molecule has 0 radical (unpaired) electrons. The van der Waals surface area contributed by atoms with Crippen molar-refractivity contribution in [1.82, 2.24) is 9.88 Å². The molecule has 1 aliphatic heterocycles. The van der Waals surface area contributed by atoms with Crippen molar-refractivity contribution < 1.29 is 13.9 Å². The Hall–Kier alpha value is -2.99. The maximum absolute atomic E-state index is 12.9. The first-order valence-corrected chi connectivity index (χ1v) is 9.93. The van der Waals surface area contributed by atoms with Gasteiger partial charge in [0, 0.05) is 36.0 Å². The summed E-state index contributed by atoms with van der Waals surface area (Å²) in [4.78, 5) is 31.1. The van der Waals surface area contributed by atoms with Crippen molar-refractivity contribution in [3.05, 3.63) is 75.9 Å². The molecule has 0 amide bonds. The van der Waals surface area contributed by atoms with Crippen molar-refractivity contribution in [2.75, 3.05) is 6.54 Å². The fourth-order valence-electron chi connectivity index (χ4n) is 3.87. The summed E-state index contributed by atoms with van der Waals surface area (Å²) >= 11 is 0. The molecule has 6 heteroatoms. The number of hydrogen-bond acceptors (Lipinski definition) is 6. The molecule has 0 N–H and O–H groups in total. The van der Waals surface area contributed by atoms with E-state index < -0.39 is 5.63 Å². The molecule has 1 unspecified atom stereocenters. The standard InChI is InChI=1S/C23H24N2O4/c1-16-7-8-19-18(12-22(26)29-21(19)11-16)15-28-23(27)20-6-2-3-10-25(20)14-17-5-4-9-24-13-17/h4-5,7-9,11-13,20H,2-3,6,10,14-15H2,1H3. The van der Waals surface area contributed by atoms with Gasteiger partial charge in [0.25, 0.3) is 0 Å². The van der Waals surface area contributed by atoms with Crippen LogP contribution in [0, 0.1) is 6.92 Å². The highest BCUT2D eigenvalue weighted by molar-refractivity contribution is 5.81. The van der Waals surface area contributed by atoms with Gasteiger partial charge in [0.2, 0.25) is 0 Å². The zero-order valence-corrected chi connectivity index (χ0v) is 16.5. The van der Waals surface area contributed by atoms with E-state index in [9.17, 15) is 9.59 Å². The molecule has 1 saturated heterocycles. The van der Waals surface area contributed by atoms with Crippen LogP contribution in [0.4, 0.5) is 0 Å². The van der Waals surface area contributed by atoms with E-state index >= 15 is 0 Å². The van der Waals surface area contributed by atoms with E-state index in [2.05, 4.69) is 9.88 Å². The molecule has 1 aromatic carbocycles. The number of rotatable bonds is 5. The molecule has 0 spiro atoms. The molecule has 150 valence electrons. The molecule has 4 rings (SSSR count). The molecule has 2 aromatic heterocycles. The van der Waals surface area contributed by atoms with Crippen LogP contribution in [0.3, 0.4) is 0 Å². The lowest BCUT2D eigenvalue weighted by Gasteiger charge is -2.33. The molecular formula is C23H24N2O4. The maximum Gasteiger partial charge on any atom is 0.336 e. The lowest BCUT2D eigenvalue weighted by atomic mass is 10.0. The molecule has 3 aromatic rings. The third kappa shape index (κ3) is 4.54. The topological polar surface area (TPSA) is 72.6 Å². The molecule has 6 nitrogen and oxygen atoms in total. The highest BCUT2D eigenvalue weighted by Crippen LogP contribution is 2.23. The third-order valence-electron chi connectivity index (χ3n) is 5.35. The molecule has 1 aliphatic rings. The van der Waals surface area contributed by atoms with Crippen LogP contribution in [0.1, 0.15) is 36.0 Å². The molecular weight excluding hydrogens is 368 g/mol. The number of carbonyl (C=O) groups excluding carboxylic acids is 1. The van der Waals surface area contributed by atoms with Crippen LogP contribution in [-0.2, 0) is 22.7 Å². The number of esters is 1. The van der Waals surface area contributed by atoms with Gasteiger partial charge in [-0.3, -0.25) is 14.7 Å². The number of nitrogens with zero attached hydrogens (tertiary/aromatic N) is 2. The SMILES string of the molecule is Cc1ccc2c(COC(=O)C3CCCCN3Cc3cccnc3)cc(=O)oc2c1. The number of benzene rings is 1. The fraction of sp³-hybridized carbons (Fsp3) is 0.348. The van der Waals surface area contributed by atoms with Crippen molar-refractivity contribution >= 4 is 16.9 Å². The van der Waals surface area contributed by atoms with Gasteiger partial charge in [-0.05, 0) is 49.6 Å². The maximum atomic E-state index is 12.9. The normalized spacial score (nSPS) is 17.3. The number of carbonyl (C=O) groups is 1. The summed E-state index contributed by atoms with van der Waals surface area (Å²) in [5, 5.41) is 0.791. The summed E-state index contributed by atoms with van der Waals surface area (Å²) in [6.45, 7) is 3.52. The first kappa shape index (κ1) is 19.3. The van der Waals surface area contributed by atoms with Gasteiger partial charge in [0.15, 0.2) is 0 Å². The molecule has 1 atom stereocenters. The van der Waals surface area contributed by atoms with E-state index in [0.717, 1.165) is 42.3 Å². The highest BCUT2D eigenvalue weighted by Gasteiger charge is 2.30. The van der Waals surface area contributed by atoms with Crippen molar-refractivity contribution in [3.63, 3.8) is 0 Å². The molecule has 29 heavy (non-hydrogen) atoms. The molecule has 1 fully saturated rings. The van der Waals surface area contributed by atoms with Gasteiger partial charge in [0.1, 0.15) is 18.2 Å². The average molecular weight is 392 g/mol. The predicted molar refractivity (Wildman–Crippen MR) is 109 cm³/mol. The van der Waals surface area contributed by atoms with Gasteiger partial charge in [-0.2, -0.15) is 0 Å². The summed E-state index contributed by atoms with van der Waals surface area (Å²) in [6.07, 6.45) is 6.41. The third-order valence-corrected chi connectivity index (χ3v) is 5.35. The highest BCUT2D eigenvalue weighted by atomic mass is 16.5. The van der Waals surface area contributed by atoms with Crippen LogP contribution in [-0.4, -0.2) is 28.4 Å². The first-order chi connectivity index (χ1) is 14.1. The van der Waals surface area contributed by atoms with Crippen LogP contribution in [0.15, 0.2) is 58.0 Å². The number of hydrogen-bond donors (Lipinski definition) is 0. The minimum atomic E-state index is -0.440. The van der Waals surface area contributed by atoms with Crippen LogP contribution < -0.4 is 5.63 Å². The second-order valence-electron chi connectivity index (χ2n) is 7.54. The van der Waals surface area contributed by atoms with E-state index in [4.69, 9.17) is 9.15 Å². The lowest BCUT2D eigenvalue weighted by molar-refractivity contribution is -0.153. The quantitative estimate of drug-likeness (QED) is 0.488. The minimum Gasteiger partial charge on any atom is -0.460 e. The largest absolute Gasteiger partial charge is 0.460 e. The van der Waals surface area contributed by atoms with Gasteiger partial charge in [-0.1, -0.05) is 24.6 Å². The van der Waals surface area contributed by atoms with Gasteiger partial charge in [0.05, 0.1) is 0 Å². The Labute approximate surface area is 169 Å². The Morgan fingerprint density at radius 2 is 2.17 bits per heavy atom. The molecule has 3 heterocycles. The van der Waals surface area contributed by atoms with Gasteiger partial charge >= 0.3 is 11.6 Å². The number of likely N-dealkylation sites (tertiary alicyclic amines) is 1. The molecule has 0 saturated carbocycles. The van der Waals surface area contributed by atoms with Crippen LogP contribution >= 0.6 is 0 Å². The molecule has 0 aliphatic carbocycles. The van der Waals surface area contributed by atoms with Crippen molar-refractivity contribution in [2.24, 2.45) is 0 Å². The zero-order valence-electron chi connectivity index (χ0n) is 16.5. The fourth-order valence-corrected chi connectivity index (χ4v) is 3.87. The van der Waals surface area contributed by atoms with Crippen molar-refractivity contribution in [2.45, 2.75) is 45.4 Å². The van der Waals surface area contributed by atoms with Crippen LogP contribution in [0.2, 0.25) is 0 Å². The smallest absolute Gasteiger partial charge is 0.336 e. The van der Waals surface area contributed by atoms with Gasteiger partial charge in [-0.15, -0.1) is 0 Å². The number of fused-ring (bicyclic) bond motifs is 1. The number of piperidine rings is 1. The number of aromatic nitrogens is 1. The van der Waals surface area contributed by atoms with Gasteiger partial charge < -0.3 is 9.15 Å². The van der Waals surface area contributed by atoms with E-state index in [1.54, 1.807) is 6.20 Å². The summed E-state index contributed by atoms with van der Waals surface area (Å²) < 4.78 is 10.9. The Bertz CT molecular complexity index is 1060. The van der Waals surface area contributed by atoms with E-state index in [1.165, 1.54) is 6.07 Å². The Kier molecular flexibility index (Phi) is 5.71. The summed E-state index contributed by atoms with van der Waals surface area (Å²) in [5.74, 6) is -0.248. The average Bonchev–Trinajstić information content (AvgIpc) is 2.72. The van der Waals surface area contributed by atoms with Crippen molar-refractivity contribution in [1.29, 1.82) is 0 Å². The lowest BCUT2D eigenvalue weighted by Crippen LogP contribution is -2.44. The van der Waals surface area contributed by atoms with E-state index in [0.29, 0.717) is 17.7 Å². The number of aryl methyl sites for hydroxylation is 1. The van der Waals surface area contributed by atoms with Crippen LogP contribution in [0.25, 0.3) is 11.0 Å². The summed E-state index contributed by atoms with van der Waals surface area (Å²) in [7, 11) is 0. The predicted octanol–water partition coefficient (Wildman–Crippen LogP) is 3.59. The van der Waals surface area contributed by atoms with Crippen LogP contribution in [0.5, 0.6) is 0 Å². The summed E-state index contributed by atoms with van der Waals surface area (Å²) in [5.41, 5.74) is 2.82. The Morgan fingerprint density at radius 3 is 3.00 bits per heavy atom. The number of pyridine rings is 1. The van der Waals surface area contributed by atoms with Gasteiger partial charge in [-0.25, -0.2) is 4.79 Å². The molecule has 0 bridgehead atoms. The second kappa shape index (κ2) is 8.57. The minimum absolute atomic E-state index is 0.0568. The van der Waals surface area contributed by atoms with E-state index in [-0.39, 0.29) is 18.6 Å². The Morgan fingerprint density at radius 1 is 1.28 bits per heavy atom. The summed E-state index contributed by atoms with van der Waals surface area (Å²) in [6, 6.07) is 10.7. The Balaban J connectivity index is 1.48. The van der Waals surface area contributed by atoms with E-state index in [1.807, 2.05) is 43.5 Å². The van der Waals surface area contributed by atoms with Crippen molar-refractivity contribution in [3.8, 4) is 0 Å². The second-order valence-corrected chi connectivity index (χ2v) is 7.54. The first-order valence-electron chi connectivity index (χ1n) is 9.93. The zero-order chi connectivity index (χ0) is 20.2. The monoisotopic (exact) mass is 392 g/mol.